The number of rotatable bonds is 4. The molecule has 18 heavy (non-hydrogen) atoms. The molecule has 3 heteroatoms. The van der Waals surface area contributed by atoms with Crippen LogP contribution in [0.2, 0.25) is 0 Å². The summed E-state index contributed by atoms with van der Waals surface area (Å²) in [6, 6.07) is 12.4. The smallest absolute Gasteiger partial charge is 0.126 e. The second-order valence-corrected chi connectivity index (χ2v) is 4.08. The van der Waals surface area contributed by atoms with Crippen molar-refractivity contribution in [2.24, 2.45) is 5.73 Å². The zero-order valence-corrected chi connectivity index (χ0v) is 10.3. The Kier molecular flexibility index (Phi) is 3.95. The lowest BCUT2D eigenvalue weighted by Crippen LogP contribution is -2.03. The van der Waals surface area contributed by atoms with E-state index in [-0.39, 0.29) is 5.82 Å². The molecule has 0 radical (unpaired) electrons. The van der Waals surface area contributed by atoms with E-state index in [0.717, 1.165) is 28.9 Å². The molecule has 2 aromatic carbocycles. The summed E-state index contributed by atoms with van der Waals surface area (Å²) in [6.07, 6.45) is 0.818. The Labute approximate surface area is 106 Å². The van der Waals surface area contributed by atoms with Crippen LogP contribution in [-0.2, 0) is 6.42 Å². The Morgan fingerprint density at radius 2 is 1.83 bits per heavy atom. The molecular weight excluding hydrogens is 229 g/mol. The molecule has 0 saturated carbocycles. The van der Waals surface area contributed by atoms with E-state index >= 15 is 0 Å². The van der Waals surface area contributed by atoms with Crippen molar-refractivity contribution in [2.75, 3.05) is 13.7 Å². The first-order valence-electron chi connectivity index (χ1n) is 5.87. The van der Waals surface area contributed by atoms with Gasteiger partial charge in [0.05, 0.1) is 7.11 Å². The van der Waals surface area contributed by atoms with Crippen molar-refractivity contribution >= 4 is 0 Å². The molecule has 2 nitrogen and oxygen atoms in total. The Morgan fingerprint density at radius 1 is 1.11 bits per heavy atom. The summed E-state index contributed by atoms with van der Waals surface area (Å²) in [5.41, 5.74) is 8.61. The summed E-state index contributed by atoms with van der Waals surface area (Å²) < 4.78 is 18.3. The largest absolute Gasteiger partial charge is 0.496 e. The highest BCUT2D eigenvalue weighted by Gasteiger charge is 2.07. The van der Waals surface area contributed by atoms with Crippen molar-refractivity contribution in [3.63, 3.8) is 0 Å². The minimum absolute atomic E-state index is 0.240. The van der Waals surface area contributed by atoms with Gasteiger partial charge in [0.15, 0.2) is 0 Å². The normalized spacial score (nSPS) is 10.4. The van der Waals surface area contributed by atoms with Gasteiger partial charge in [-0.1, -0.05) is 18.2 Å². The summed E-state index contributed by atoms with van der Waals surface area (Å²) in [4.78, 5) is 0. The molecule has 0 aliphatic rings. The van der Waals surface area contributed by atoms with Crippen molar-refractivity contribution in [2.45, 2.75) is 6.42 Å². The number of halogens is 1. The Morgan fingerprint density at radius 3 is 2.44 bits per heavy atom. The first kappa shape index (κ1) is 12.6. The average molecular weight is 245 g/mol. The predicted octanol–water partition coefficient (Wildman–Crippen LogP) is 3.00. The fourth-order valence-electron chi connectivity index (χ4n) is 1.93. The van der Waals surface area contributed by atoms with Crippen LogP contribution >= 0.6 is 0 Å². The van der Waals surface area contributed by atoms with E-state index in [2.05, 4.69) is 0 Å². The molecule has 0 aromatic heterocycles. The van der Waals surface area contributed by atoms with Crippen LogP contribution < -0.4 is 10.5 Å². The van der Waals surface area contributed by atoms with Gasteiger partial charge in [0.2, 0.25) is 0 Å². The lowest BCUT2D eigenvalue weighted by Gasteiger charge is -2.11. The van der Waals surface area contributed by atoms with Gasteiger partial charge in [-0.15, -0.1) is 0 Å². The van der Waals surface area contributed by atoms with Gasteiger partial charge in [-0.05, 0) is 48.4 Å². The monoisotopic (exact) mass is 245 g/mol. The van der Waals surface area contributed by atoms with Gasteiger partial charge in [-0.3, -0.25) is 0 Å². The van der Waals surface area contributed by atoms with E-state index in [1.54, 1.807) is 19.2 Å². The molecule has 0 heterocycles. The predicted molar refractivity (Wildman–Crippen MR) is 71.1 cm³/mol. The van der Waals surface area contributed by atoms with Crippen LogP contribution in [0.5, 0.6) is 5.75 Å². The SMILES string of the molecule is COc1ccc(CCN)cc1-c1ccc(F)cc1. The standard InChI is InChI=1S/C15H16FNO/c1-18-15-7-2-11(8-9-17)10-14(15)12-3-5-13(16)6-4-12/h2-7,10H,8-9,17H2,1H3. The molecule has 0 aliphatic carbocycles. The van der Waals surface area contributed by atoms with E-state index in [0.29, 0.717) is 6.54 Å². The van der Waals surface area contributed by atoms with Crippen molar-refractivity contribution in [3.8, 4) is 16.9 Å². The lowest BCUT2D eigenvalue weighted by atomic mass is 10.0. The van der Waals surface area contributed by atoms with Crippen molar-refractivity contribution < 1.29 is 9.13 Å². The molecule has 0 saturated heterocycles. The van der Waals surface area contributed by atoms with Crippen molar-refractivity contribution in [1.82, 2.24) is 0 Å². The van der Waals surface area contributed by atoms with Crippen LogP contribution in [0.4, 0.5) is 4.39 Å². The molecule has 2 aromatic rings. The summed E-state index contributed by atoms with van der Waals surface area (Å²) in [5.74, 6) is 0.540. The minimum atomic E-state index is -0.240. The maximum Gasteiger partial charge on any atom is 0.126 e. The van der Waals surface area contributed by atoms with Crippen molar-refractivity contribution in [1.29, 1.82) is 0 Å². The van der Waals surface area contributed by atoms with Crippen molar-refractivity contribution in [3.05, 3.63) is 53.8 Å². The number of ether oxygens (including phenoxy) is 1. The van der Waals surface area contributed by atoms with Gasteiger partial charge < -0.3 is 10.5 Å². The highest BCUT2D eigenvalue weighted by Crippen LogP contribution is 2.31. The van der Waals surface area contributed by atoms with Gasteiger partial charge in [-0.2, -0.15) is 0 Å². The van der Waals surface area contributed by atoms with E-state index in [1.807, 2.05) is 18.2 Å². The van der Waals surface area contributed by atoms with Crippen LogP contribution in [0.1, 0.15) is 5.56 Å². The third-order valence-corrected chi connectivity index (χ3v) is 2.85. The first-order valence-corrected chi connectivity index (χ1v) is 5.87. The molecule has 0 bridgehead atoms. The topological polar surface area (TPSA) is 35.2 Å². The number of methoxy groups -OCH3 is 1. The van der Waals surface area contributed by atoms with Crippen LogP contribution in [-0.4, -0.2) is 13.7 Å². The summed E-state index contributed by atoms with van der Waals surface area (Å²) in [6.45, 7) is 0.606. The van der Waals surface area contributed by atoms with Crippen LogP contribution in [0.25, 0.3) is 11.1 Å². The van der Waals surface area contributed by atoms with Crippen LogP contribution in [0.15, 0.2) is 42.5 Å². The second-order valence-electron chi connectivity index (χ2n) is 4.08. The Balaban J connectivity index is 2.46. The molecule has 2 N–H and O–H groups in total. The fourth-order valence-corrected chi connectivity index (χ4v) is 1.93. The molecule has 0 aliphatic heterocycles. The minimum Gasteiger partial charge on any atom is -0.496 e. The second kappa shape index (κ2) is 5.65. The average Bonchev–Trinajstić information content (AvgIpc) is 2.40. The number of benzene rings is 2. The molecule has 94 valence electrons. The summed E-state index contributed by atoms with van der Waals surface area (Å²) in [7, 11) is 1.63. The molecule has 0 fully saturated rings. The molecular formula is C15H16FNO. The zero-order valence-electron chi connectivity index (χ0n) is 10.3. The maximum absolute atomic E-state index is 12.9. The van der Waals surface area contributed by atoms with Gasteiger partial charge in [0.25, 0.3) is 0 Å². The van der Waals surface area contributed by atoms with E-state index in [9.17, 15) is 4.39 Å². The molecule has 0 atom stereocenters. The lowest BCUT2D eigenvalue weighted by molar-refractivity contribution is 0.416. The van der Waals surface area contributed by atoms with E-state index in [1.165, 1.54) is 12.1 Å². The number of hydrogen-bond donors (Lipinski definition) is 1. The molecule has 0 spiro atoms. The first-order chi connectivity index (χ1) is 8.74. The molecule has 0 unspecified atom stereocenters. The van der Waals surface area contributed by atoms with Crippen LogP contribution in [0, 0.1) is 5.82 Å². The quantitative estimate of drug-likeness (QED) is 0.898. The van der Waals surface area contributed by atoms with Gasteiger partial charge in [0, 0.05) is 5.56 Å². The highest BCUT2D eigenvalue weighted by atomic mass is 19.1. The van der Waals surface area contributed by atoms with Gasteiger partial charge in [-0.25, -0.2) is 4.39 Å². The summed E-state index contributed by atoms with van der Waals surface area (Å²) in [5, 5.41) is 0. The van der Waals surface area contributed by atoms with Gasteiger partial charge in [0.1, 0.15) is 11.6 Å². The highest BCUT2D eigenvalue weighted by molar-refractivity contribution is 5.71. The molecule has 2 rings (SSSR count). The van der Waals surface area contributed by atoms with E-state index < -0.39 is 0 Å². The fraction of sp³-hybridized carbons (Fsp3) is 0.200. The Bertz CT molecular complexity index is 523. The number of hydrogen-bond acceptors (Lipinski definition) is 2. The summed E-state index contributed by atoms with van der Waals surface area (Å²) >= 11 is 0. The Hall–Kier alpha value is -1.87. The zero-order chi connectivity index (χ0) is 13.0. The maximum atomic E-state index is 12.9. The third-order valence-electron chi connectivity index (χ3n) is 2.85. The molecule has 0 amide bonds. The van der Waals surface area contributed by atoms with Crippen LogP contribution in [0.3, 0.4) is 0 Å². The third kappa shape index (κ3) is 2.68. The number of nitrogens with two attached hydrogens (primary N) is 1. The van der Waals surface area contributed by atoms with Gasteiger partial charge >= 0.3 is 0 Å². The van der Waals surface area contributed by atoms with E-state index in [4.69, 9.17) is 10.5 Å².